The maximum absolute atomic E-state index is 12.2. The number of nitrogens with zero attached hydrogens (tertiary/aromatic N) is 1. The number of rotatable bonds is 4. The van der Waals surface area contributed by atoms with E-state index in [4.69, 9.17) is 0 Å². The van der Waals surface area contributed by atoms with E-state index in [0.29, 0.717) is 11.5 Å². The summed E-state index contributed by atoms with van der Waals surface area (Å²) >= 11 is 0. The lowest BCUT2D eigenvalue weighted by Gasteiger charge is -2.23. The smallest absolute Gasteiger partial charge is 0.255 e. The van der Waals surface area contributed by atoms with Crippen molar-refractivity contribution in [2.75, 3.05) is 18.4 Å². The number of likely N-dealkylation sites (tertiary alicyclic amines) is 1. The van der Waals surface area contributed by atoms with Crippen molar-refractivity contribution in [2.45, 2.75) is 44.1 Å². The molecule has 3 heteroatoms. The summed E-state index contributed by atoms with van der Waals surface area (Å²) in [5.74, 6) is 0.618. The van der Waals surface area contributed by atoms with Crippen LogP contribution in [-0.2, 0) is 0 Å². The van der Waals surface area contributed by atoms with Crippen molar-refractivity contribution in [3.63, 3.8) is 0 Å². The number of nitrogens with one attached hydrogen (secondary N) is 1. The topological polar surface area (TPSA) is 32.3 Å². The molecular weight excluding hydrogens is 308 g/mol. The van der Waals surface area contributed by atoms with E-state index < -0.39 is 0 Å². The molecule has 0 spiro atoms. The Balaban J connectivity index is 1.36. The molecule has 2 aromatic rings. The molecule has 2 aliphatic rings. The van der Waals surface area contributed by atoms with Crippen molar-refractivity contribution in [1.29, 1.82) is 0 Å². The summed E-state index contributed by atoms with van der Waals surface area (Å²) in [6.07, 6.45) is 6.65. The summed E-state index contributed by atoms with van der Waals surface area (Å²) in [7, 11) is 0. The standard InChI is InChI=1S/C22H26N2O/c25-22(18-6-2-1-3-7-18)23-20-11-8-17(9-12-20)19-10-13-21(16-19)24-14-4-5-15-24/h1-3,6-9,11-12,19,21H,4-5,10,13-16H2,(H,23,25). The molecule has 1 heterocycles. The van der Waals surface area contributed by atoms with Crippen molar-refractivity contribution in [1.82, 2.24) is 4.90 Å². The van der Waals surface area contributed by atoms with Gasteiger partial charge in [0.1, 0.15) is 0 Å². The van der Waals surface area contributed by atoms with Crippen LogP contribution in [0, 0.1) is 0 Å². The molecule has 0 aromatic heterocycles. The predicted molar refractivity (Wildman–Crippen MR) is 102 cm³/mol. The molecule has 3 nitrogen and oxygen atoms in total. The van der Waals surface area contributed by atoms with Gasteiger partial charge >= 0.3 is 0 Å². The highest BCUT2D eigenvalue weighted by Crippen LogP contribution is 2.38. The first-order valence-electron chi connectivity index (χ1n) is 9.50. The summed E-state index contributed by atoms with van der Waals surface area (Å²) < 4.78 is 0. The monoisotopic (exact) mass is 334 g/mol. The third-order valence-electron chi connectivity index (χ3n) is 5.74. The van der Waals surface area contributed by atoms with Gasteiger partial charge in [-0.25, -0.2) is 0 Å². The summed E-state index contributed by atoms with van der Waals surface area (Å²) in [5, 5.41) is 2.98. The molecule has 2 atom stereocenters. The molecule has 2 aromatic carbocycles. The van der Waals surface area contributed by atoms with Gasteiger partial charge in [-0.2, -0.15) is 0 Å². The van der Waals surface area contributed by atoms with Crippen LogP contribution in [0.1, 0.15) is 53.9 Å². The molecule has 1 aliphatic carbocycles. The SMILES string of the molecule is O=C(Nc1ccc(C2CCC(N3CCCC3)C2)cc1)c1ccccc1. The van der Waals surface area contributed by atoms with E-state index in [-0.39, 0.29) is 5.91 Å². The van der Waals surface area contributed by atoms with Crippen LogP contribution in [0.15, 0.2) is 54.6 Å². The maximum Gasteiger partial charge on any atom is 0.255 e. The van der Waals surface area contributed by atoms with Crippen molar-refractivity contribution in [2.24, 2.45) is 0 Å². The lowest BCUT2D eigenvalue weighted by molar-refractivity contribution is 0.102. The van der Waals surface area contributed by atoms with Crippen molar-refractivity contribution in [3.8, 4) is 0 Å². The fraction of sp³-hybridized carbons (Fsp3) is 0.409. The van der Waals surface area contributed by atoms with Gasteiger partial charge in [-0.05, 0) is 80.9 Å². The predicted octanol–water partition coefficient (Wildman–Crippen LogP) is 4.67. The van der Waals surface area contributed by atoms with Crippen LogP contribution in [0.2, 0.25) is 0 Å². The minimum Gasteiger partial charge on any atom is -0.322 e. The number of hydrogen-bond donors (Lipinski definition) is 1. The highest BCUT2D eigenvalue weighted by Gasteiger charge is 2.31. The first kappa shape index (κ1) is 16.3. The second-order valence-corrected chi connectivity index (χ2v) is 7.35. The largest absolute Gasteiger partial charge is 0.322 e. The first-order chi connectivity index (χ1) is 12.3. The molecule has 4 rings (SSSR count). The summed E-state index contributed by atoms with van der Waals surface area (Å²) in [5.41, 5.74) is 2.97. The van der Waals surface area contributed by atoms with Crippen molar-refractivity contribution < 1.29 is 4.79 Å². The quantitative estimate of drug-likeness (QED) is 0.881. The molecule has 1 saturated heterocycles. The third-order valence-corrected chi connectivity index (χ3v) is 5.74. The Bertz CT molecular complexity index is 705. The highest BCUT2D eigenvalue weighted by atomic mass is 16.1. The van der Waals surface area contributed by atoms with E-state index in [0.717, 1.165) is 11.7 Å². The normalized spacial score (nSPS) is 23.7. The van der Waals surface area contributed by atoms with Crippen LogP contribution < -0.4 is 5.32 Å². The number of carbonyl (C=O) groups is 1. The van der Waals surface area contributed by atoms with E-state index in [1.54, 1.807) is 0 Å². The van der Waals surface area contributed by atoms with Crippen LogP contribution in [-0.4, -0.2) is 29.9 Å². The first-order valence-corrected chi connectivity index (χ1v) is 9.50. The van der Waals surface area contributed by atoms with Crippen molar-refractivity contribution >= 4 is 11.6 Å². The zero-order valence-electron chi connectivity index (χ0n) is 14.7. The molecule has 1 saturated carbocycles. The summed E-state index contributed by atoms with van der Waals surface area (Å²) in [6, 6.07) is 18.6. The van der Waals surface area contributed by atoms with E-state index in [2.05, 4.69) is 22.3 Å². The van der Waals surface area contributed by atoms with Crippen LogP contribution in [0.3, 0.4) is 0 Å². The Morgan fingerprint density at radius 1 is 0.920 bits per heavy atom. The van der Waals surface area contributed by atoms with Gasteiger partial charge in [-0.15, -0.1) is 0 Å². The zero-order valence-corrected chi connectivity index (χ0v) is 14.7. The Labute approximate surface area is 150 Å². The number of carbonyl (C=O) groups excluding carboxylic acids is 1. The number of amides is 1. The average molecular weight is 334 g/mol. The van der Waals surface area contributed by atoms with Crippen LogP contribution >= 0.6 is 0 Å². The lowest BCUT2D eigenvalue weighted by Crippen LogP contribution is -2.30. The Morgan fingerprint density at radius 2 is 1.64 bits per heavy atom. The van der Waals surface area contributed by atoms with Crippen LogP contribution in [0.5, 0.6) is 0 Å². The molecular formula is C22H26N2O. The molecule has 25 heavy (non-hydrogen) atoms. The van der Waals surface area contributed by atoms with Gasteiger partial charge in [0.25, 0.3) is 5.91 Å². The van der Waals surface area contributed by atoms with E-state index >= 15 is 0 Å². The molecule has 1 aliphatic heterocycles. The van der Waals surface area contributed by atoms with E-state index in [1.807, 2.05) is 42.5 Å². The Morgan fingerprint density at radius 3 is 2.36 bits per heavy atom. The van der Waals surface area contributed by atoms with Crippen molar-refractivity contribution in [3.05, 3.63) is 65.7 Å². The van der Waals surface area contributed by atoms with Gasteiger partial charge in [-0.1, -0.05) is 30.3 Å². The second kappa shape index (κ2) is 7.40. The Hall–Kier alpha value is -2.13. The number of hydrogen-bond acceptors (Lipinski definition) is 2. The molecule has 2 unspecified atom stereocenters. The number of anilines is 1. The average Bonchev–Trinajstić information content (AvgIpc) is 3.35. The fourth-order valence-electron chi connectivity index (χ4n) is 4.33. The van der Waals surface area contributed by atoms with Gasteiger partial charge < -0.3 is 10.2 Å². The molecule has 1 N–H and O–H groups in total. The van der Waals surface area contributed by atoms with E-state index in [9.17, 15) is 4.79 Å². The van der Waals surface area contributed by atoms with Gasteiger partial charge in [0.05, 0.1) is 0 Å². The maximum atomic E-state index is 12.2. The summed E-state index contributed by atoms with van der Waals surface area (Å²) in [6.45, 7) is 2.59. The Kier molecular flexibility index (Phi) is 4.84. The molecule has 130 valence electrons. The van der Waals surface area contributed by atoms with Gasteiger partial charge in [0.15, 0.2) is 0 Å². The van der Waals surface area contributed by atoms with E-state index in [1.165, 1.54) is 50.8 Å². The molecule has 0 radical (unpaired) electrons. The third kappa shape index (κ3) is 3.77. The van der Waals surface area contributed by atoms with Gasteiger partial charge in [0.2, 0.25) is 0 Å². The van der Waals surface area contributed by atoms with Gasteiger partial charge in [0, 0.05) is 17.3 Å². The minimum absolute atomic E-state index is 0.0525. The van der Waals surface area contributed by atoms with Gasteiger partial charge in [-0.3, -0.25) is 4.79 Å². The highest BCUT2D eigenvalue weighted by molar-refractivity contribution is 6.04. The molecule has 0 bridgehead atoms. The van der Waals surface area contributed by atoms with Crippen LogP contribution in [0.4, 0.5) is 5.69 Å². The fourth-order valence-corrected chi connectivity index (χ4v) is 4.33. The molecule has 1 amide bonds. The second-order valence-electron chi connectivity index (χ2n) is 7.35. The molecule has 2 fully saturated rings. The minimum atomic E-state index is -0.0525. The number of benzene rings is 2. The zero-order chi connectivity index (χ0) is 17.1. The summed E-state index contributed by atoms with van der Waals surface area (Å²) in [4.78, 5) is 14.9. The van der Waals surface area contributed by atoms with Crippen LogP contribution in [0.25, 0.3) is 0 Å². The lowest BCUT2D eigenvalue weighted by atomic mass is 9.97.